The number of carboxylic acids is 2. The number of likely N-dealkylation sites (tertiary alicyclic amines) is 1. The summed E-state index contributed by atoms with van der Waals surface area (Å²) in [5.41, 5.74) is -0.630. The molecule has 0 unspecified atom stereocenters. The summed E-state index contributed by atoms with van der Waals surface area (Å²) in [6.45, 7) is 10.2. The van der Waals surface area contributed by atoms with Gasteiger partial charge in [0.15, 0.2) is 11.5 Å². The van der Waals surface area contributed by atoms with Gasteiger partial charge in [0.25, 0.3) is 0 Å². The number of piperidine rings is 1. The Bertz CT molecular complexity index is 1450. The number of methoxy groups -OCH3 is 1. The van der Waals surface area contributed by atoms with Gasteiger partial charge < -0.3 is 34.8 Å². The van der Waals surface area contributed by atoms with Gasteiger partial charge in [0.05, 0.1) is 12.0 Å². The van der Waals surface area contributed by atoms with Gasteiger partial charge in [-0.2, -0.15) is 0 Å². The van der Waals surface area contributed by atoms with Crippen molar-refractivity contribution in [3.8, 4) is 11.5 Å². The van der Waals surface area contributed by atoms with Crippen molar-refractivity contribution in [1.29, 1.82) is 0 Å². The molecule has 1 aromatic carbocycles. The Morgan fingerprint density at radius 2 is 1.87 bits per heavy atom. The minimum absolute atomic E-state index is 0.174. The highest BCUT2D eigenvalue weighted by Crippen LogP contribution is 2.78. The highest BCUT2D eigenvalue weighted by molar-refractivity contribution is 5.85. The summed E-state index contributed by atoms with van der Waals surface area (Å²) in [6, 6.07) is 2.35. The summed E-state index contributed by atoms with van der Waals surface area (Å²) in [5.74, 6) is -1.63. The lowest BCUT2D eigenvalue weighted by atomic mass is 9.33. The number of carbonyl (C=O) groups is 3. The van der Waals surface area contributed by atoms with E-state index in [0.29, 0.717) is 5.75 Å². The molecule has 11 nitrogen and oxygen atoms in total. The Kier molecular flexibility index (Phi) is 6.70. The molecule has 2 aliphatic heterocycles. The van der Waals surface area contributed by atoms with Crippen LogP contribution in [0.1, 0.15) is 83.8 Å². The summed E-state index contributed by atoms with van der Waals surface area (Å²) in [5, 5.41) is 33.1. The Labute approximate surface area is 263 Å². The van der Waals surface area contributed by atoms with E-state index in [2.05, 4.69) is 31.0 Å². The van der Waals surface area contributed by atoms with Crippen LogP contribution in [0.5, 0.6) is 11.5 Å². The highest BCUT2D eigenvalue weighted by atomic mass is 16.6. The van der Waals surface area contributed by atoms with Gasteiger partial charge >= 0.3 is 18.0 Å². The third-order valence-electron chi connectivity index (χ3n) is 13.0. The molecule has 4 saturated carbocycles. The summed E-state index contributed by atoms with van der Waals surface area (Å²) < 4.78 is 19.4. The SMILES string of the molecule is CO[C@]12CC[C@@]3(C[C@@H]1[C@](C)(O)C(C)(C)C)[C@H]1Cc4ccc(OC(=O)N[C@@H](CC(=O)O)C(=O)O)c5c4[C@@]3(CCN1CC1CC1)[C@H]2O5. The number of carboxylic acid groups (broad SMARTS) is 2. The maximum Gasteiger partial charge on any atom is 0.413 e. The predicted octanol–water partition coefficient (Wildman–Crippen LogP) is 3.72. The maximum absolute atomic E-state index is 13.0. The molecule has 1 saturated heterocycles. The van der Waals surface area contributed by atoms with Gasteiger partial charge in [-0.25, -0.2) is 9.59 Å². The van der Waals surface area contributed by atoms with Crippen LogP contribution >= 0.6 is 0 Å². The summed E-state index contributed by atoms with van der Waals surface area (Å²) in [7, 11) is 1.73. The van der Waals surface area contributed by atoms with Crippen LogP contribution in [0.2, 0.25) is 0 Å². The van der Waals surface area contributed by atoms with E-state index >= 15 is 0 Å². The molecule has 45 heavy (non-hydrogen) atoms. The van der Waals surface area contributed by atoms with Crippen LogP contribution in [0, 0.1) is 22.7 Å². The number of amides is 1. The van der Waals surface area contributed by atoms with E-state index in [4.69, 9.17) is 19.3 Å². The number of ether oxygens (including phenoxy) is 3. The van der Waals surface area contributed by atoms with Crippen molar-refractivity contribution < 1.29 is 43.9 Å². The summed E-state index contributed by atoms with van der Waals surface area (Å²) >= 11 is 0. The zero-order chi connectivity index (χ0) is 32.3. The standard InChI is InChI=1S/C34H46N2O9/c1-30(2,3)31(4,42)22-16-32-10-11-34(22,43-5)28-33(32)12-13-36(17-18-6-7-18)23(32)14-19-8-9-21(26(45-28)25(19)33)44-29(41)35-20(27(39)40)15-24(37)38/h8-9,18,20,22-23,28,42H,6-7,10-17H2,1-5H3,(H,35,41)(H,37,38)(H,39,40)/t20-,22+,23+,28+,31-,32+,33-,34+/m0/s1. The van der Waals surface area contributed by atoms with Gasteiger partial charge in [-0.15, -0.1) is 0 Å². The van der Waals surface area contributed by atoms with E-state index < -0.39 is 58.6 Å². The van der Waals surface area contributed by atoms with Gasteiger partial charge in [-0.05, 0) is 81.4 Å². The minimum Gasteiger partial charge on any atom is -0.482 e. The van der Waals surface area contributed by atoms with E-state index in [1.165, 1.54) is 18.4 Å². The van der Waals surface area contributed by atoms with Gasteiger partial charge in [0, 0.05) is 42.0 Å². The number of rotatable bonds is 9. The molecule has 4 bridgehead atoms. The zero-order valence-electron chi connectivity index (χ0n) is 26.9. The van der Waals surface area contributed by atoms with E-state index in [1.54, 1.807) is 13.2 Å². The van der Waals surface area contributed by atoms with Gasteiger partial charge in [-0.1, -0.05) is 26.8 Å². The summed E-state index contributed by atoms with van der Waals surface area (Å²) in [4.78, 5) is 38.5. The highest BCUT2D eigenvalue weighted by Gasteiger charge is 2.82. The average molecular weight is 627 g/mol. The van der Waals surface area contributed by atoms with Crippen molar-refractivity contribution in [2.45, 2.75) is 114 Å². The molecule has 5 fully saturated rings. The first-order valence-corrected chi connectivity index (χ1v) is 16.4. The molecule has 2 spiro atoms. The molecule has 1 aromatic rings. The monoisotopic (exact) mass is 626 g/mol. The van der Waals surface area contributed by atoms with Crippen LogP contribution < -0.4 is 14.8 Å². The van der Waals surface area contributed by atoms with E-state index in [1.807, 2.05) is 13.0 Å². The first-order valence-electron chi connectivity index (χ1n) is 16.4. The van der Waals surface area contributed by atoms with Gasteiger partial charge in [0.1, 0.15) is 17.7 Å². The molecule has 8 rings (SSSR count). The fourth-order valence-corrected chi connectivity index (χ4v) is 10.3. The zero-order valence-corrected chi connectivity index (χ0v) is 26.9. The number of carbonyl (C=O) groups excluding carboxylic acids is 1. The molecule has 7 aliphatic rings. The van der Waals surface area contributed by atoms with Crippen molar-refractivity contribution in [2.75, 3.05) is 20.2 Å². The van der Waals surface area contributed by atoms with Crippen LogP contribution in [0.4, 0.5) is 4.79 Å². The topological polar surface area (TPSA) is 155 Å². The second kappa shape index (κ2) is 9.81. The molecule has 4 N–H and O–H groups in total. The second-order valence-electron chi connectivity index (χ2n) is 15.8. The Hall–Kier alpha value is -2.89. The Balaban J connectivity index is 1.34. The smallest absolute Gasteiger partial charge is 0.413 e. The van der Waals surface area contributed by atoms with Crippen LogP contribution in [0.25, 0.3) is 0 Å². The van der Waals surface area contributed by atoms with Gasteiger partial charge in [0.2, 0.25) is 0 Å². The third-order valence-corrected chi connectivity index (χ3v) is 13.0. The lowest BCUT2D eigenvalue weighted by Crippen LogP contribution is -2.83. The van der Waals surface area contributed by atoms with Crippen LogP contribution in [0.3, 0.4) is 0 Å². The van der Waals surface area contributed by atoms with E-state index in [0.717, 1.165) is 56.7 Å². The van der Waals surface area contributed by atoms with E-state index in [-0.39, 0.29) is 23.1 Å². The quantitative estimate of drug-likeness (QED) is 0.319. The molecule has 5 aliphatic carbocycles. The molecular weight excluding hydrogens is 580 g/mol. The number of nitrogens with zero attached hydrogens (tertiary/aromatic N) is 1. The first kappa shape index (κ1) is 30.7. The largest absolute Gasteiger partial charge is 0.482 e. The number of benzene rings is 1. The number of aliphatic hydroxyl groups is 1. The number of nitrogens with one attached hydrogen (secondary N) is 1. The molecule has 0 radical (unpaired) electrons. The molecule has 246 valence electrons. The van der Waals surface area contributed by atoms with Gasteiger partial charge in [-0.3, -0.25) is 9.69 Å². The molecule has 11 heteroatoms. The van der Waals surface area contributed by atoms with Crippen LogP contribution in [0.15, 0.2) is 12.1 Å². The van der Waals surface area contributed by atoms with Crippen LogP contribution in [-0.2, 0) is 26.2 Å². The number of hydrogen-bond donors (Lipinski definition) is 4. The van der Waals surface area contributed by atoms with Crippen molar-refractivity contribution in [1.82, 2.24) is 10.2 Å². The maximum atomic E-state index is 13.0. The number of aliphatic carboxylic acids is 2. The van der Waals surface area contributed by atoms with Crippen LogP contribution in [-0.4, -0.2) is 87.8 Å². The molecule has 1 amide bonds. The average Bonchev–Trinajstić information content (AvgIpc) is 3.70. The molecule has 0 aromatic heterocycles. The number of hydrogen-bond acceptors (Lipinski definition) is 8. The minimum atomic E-state index is -1.64. The Morgan fingerprint density at radius 1 is 1.13 bits per heavy atom. The van der Waals surface area contributed by atoms with E-state index in [9.17, 15) is 24.6 Å². The van der Waals surface area contributed by atoms with Crippen molar-refractivity contribution in [3.05, 3.63) is 23.3 Å². The first-order chi connectivity index (χ1) is 21.1. The summed E-state index contributed by atoms with van der Waals surface area (Å²) in [6.07, 6.45) is 4.50. The van der Waals surface area contributed by atoms with Crippen molar-refractivity contribution in [2.24, 2.45) is 22.7 Å². The van der Waals surface area contributed by atoms with Crippen molar-refractivity contribution in [3.63, 3.8) is 0 Å². The second-order valence-corrected chi connectivity index (χ2v) is 15.8. The third kappa shape index (κ3) is 4.08. The lowest BCUT2D eigenvalue weighted by molar-refractivity contribution is -0.312. The molecular formula is C34H46N2O9. The predicted molar refractivity (Wildman–Crippen MR) is 161 cm³/mol. The number of fused-ring (bicyclic) bond motifs is 2. The molecule has 8 atom stereocenters. The fraction of sp³-hybridized carbons (Fsp3) is 0.735. The fourth-order valence-electron chi connectivity index (χ4n) is 10.3. The molecule has 2 heterocycles. The van der Waals surface area contributed by atoms with Crippen molar-refractivity contribution >= 4 is 18.0 Å². The Morgan fingerprint density at radius 3 is 2.49 bits per heavy atom. The normalized spacial score (nSPS) is 36.4. The lowest BCUT2D eigenvalue weighted by Gasteiger charge is -2.75.